The molecule has 1 aromatic carbocycles. The van der Waals surface area contributed by atoms with Gasteiger partial charge >= 0.3 is 0 Å². The van der Waals surface area contributed by atoms with Crippen molar-refractivity contribution in [2.45, 2.75) is 63.9 Å². The minimum absolute atomic E-state index is 0.122. The van der Waals surface area contributed by atoms with Crippen LogP contribution in [0.15, 0.2) is 83.8 Å². The van der Waals surface area contributed by atoms with E-state index in [2.05, 4.69) is 12.7 Å². The number of rotatable bonds is 12. The van der Waals surface area contributed by atoms with E-state index in [0.717, 1.165) is 42.8 Å². The Hall–Kier alpha value is -3.11. The van der Waals surface area contributed by atoms with Crippen molar-refractivity contribution in [1.82, 2.24) is 9.96 Å². The molecular formula is C30H39F2N3O4. The van der Waals surface area contributed by atoms with Crippen LogP contribution in [-0.2, 0) is 16.2 Å². The quantitative estimate of drug-likeness (QED) is 0.280. The fourth-order valence-electron chi connectivity index (χ4n) is 4.40. The Labute approximate surface area is 229 Å². The van der Waals surface area contributed by atoms with Gasteiger partial charge in [0.15, 0.2) is 11.6 Å². The summed E-state index contributed by atoms with van der Waals surface area (Å²) in [5.74, 6) is -0.442. The number of allylic oxidation sites excluding steroid dienone is 2. The van der Waals surface area contributed by atoms with Crippen molar-refractivity contribution in [3.05, 3.63) is 96.0 Å². The van der Waals surface area contributed by atoms with Crippen molar-refractivity contribution in [1.29, 1.82) is 0 Å². The van der Waals surface area contributed by atoms with Crippen LogP contribution in [0.1, 0.15) is 44.6 Å². The summed E-state index contributed by atoms with van der Waals surface area (Å²) in [5.41, 5.74) is 1.49. The number of hydroxylamine groups is 2. The van der Waals surface area contributed by atoms with Gasteiger partial charge in [-0.15, -0.1) is 11.6 Å². The minimum atomic E-state index is -0.905. The number of amidine groups is 1. The fraction of sp³-hybridized carbons (Fsp3) is 0.433. The minimum Gasteiger partial charge on any atom is -0.408 e. The normalized spacial score (nSPS) is 22.7. The highest BCUT2D eigenvalue weighted by Gasteiger charge is 2.26. The summed E-state index contributed by atoms with van der Waals surface area (Å²) in [4.78, 5) is 12.5. The molecule has 0 saturated carbocycles. The van der Waals surface area contributed by atoms with Crippen molar-refractivity contribution < 1.29 is 28.6 Å². The van der Waals surface area contributed by atoms with Gasteiger partial charge in [0, 0.05) is 32.3 Å². The molecule has 212 valence electrons. The SMILES string of the molecule is C=CC(C)N1C(CCCCCO)=N/C=C/C(C2C=C(COCc3ccc(F)c(F)c3)ON2C)=CC/C=C/C1O. The lowest BCUT2D eigenvalue weighted by atomic mass is 10.0. The standard InChI is InChI=1S/C30H39F2N3O4/c1-4-22(2)35-29(11-6-5-9-17-36)33-16-15-24(10-7-8-12-30(35)37)28-19-25(39-34(28)3)21-38-20-23-13-14-26(31)27(32)18-23/h4,8,10,12-16,18-19,22,28,30,36-37H,1,5-7,9,11,17,20-21H2,2-3H3/b12-8+,16-15+,24-10?,33-29?. The van der Waals surface area contributed by atoms with E-state index in [1.54, 1.807) is 23.4 Å². The third-order valence-electron chi connectivity index (χ3n) is 6.55. The Bertz CT molecular complexity index is 1120. The number of likely N-dealkylation sites (N-methyl/N-ethyl adjacent to an activating group) is 1. The number of halogens is 2. The summed E-state index contributed by atoms with van der Waals surface area (Å²) in [6.07, 6.45) is 15.9. The Balaban J connectivity index is 1.74. The summed E-state index contributed by atoms with van der Waals surface area (Å²) in [7, 11) is 1.83. The van der Waals surface area contributed by atoms with Gasteiger partial charge in [-0.2, -0.15) is 0 Å². The molecule has 0 amide bonds. The number of aliphatic imine (C=N–C) groups is 1. The van der Waals surface area contributed by atoms with Crippen LogP contribution in [0.2, 0.25) is 0 Å². The van der Waals surface area contributed by atoms with Crippen molar-refractivity contribution >= 4 is 5.84 Å². The van der Waals surface area contributed by atoms with Gasteiger partial charge in [0.1, 0.15) is 24.4 Å². The number of aliphatic hydroxyl groups excluding tert-OH is 2. The smallest absolute Gasteiger partial charge is 0.159 e. The molecule has 0 aliphatic carbocycles. The van der Waals surface area contributed by atoms with Crippen molar-refractivity contribution in [3.63, 3.8) is 0 Å². The second-order valence-corrected chi connectivity index (χ2v) is 9.52. The third-order valence-corrected chi connectivity index (χ3v) is 6.55. The Morgan fingerprint density at radius 2 is 2.05 bits per heavy atom. The van der Waals surface area contributed by atoms with E-state index in [1.165, 1.54) is 6.07 Å². The molecule has 0 saturated heterocycles. The molecule has 3 unspecified atom stereocenters. The lowest BCUT2D eigenvalue weighted by Crippen LogP contribution is -2.44. The van der Waals surface area contributed by atoms with Crippen molar-refractivity contribution in [2.24, 2.45) is 4.99 Å². The van der Waals surface area contributed by atoms with Gasteiger partial charge in [0.05, 0.1) is 12.6 Å². The second kappa shape index (κ2) is 15.5. The first kappa shape index (κ1) is 30.4. The summed E-state index contributed by atoms with van der Waals surface area (Å²) in [6.45, 7) is 6.31. The molecule has 39 heavy (non-hydrogen) atoms. The highest BCUT2D eigenvalue weighted by atomic mass is 19.2. The first-order chi connectivity index (χ1) is 18.8. The predicted molar refractivity (Wildman–Crippen MR) is 148 cm³/mol. The van der Waals surface area contributed by atoms with E-state index in [-0.39, 0.29) is 31.9 Å². The number of benzene rings is 1. The Morgan fingerprint density at radius 1 is 1.23 bits per heavy atom. The van der Waals surface area contributed by atoms with Crippen LogP contribution in [0, 0.1) is 11.6 Å². The van der Waals surface area contributed by atoms with Crippen molar-refractivity contribution in [3.8, 4) is 0 Å². The molecule has 2 aliphatic rings. The average Bonchev–Trinajstić information content (AvgIpc) is 3.27. The van der Waals surface area contributed by atoms with Gasteiger partial charge < -0.3 is 24.7 Å². The zero-order chi connectivity index (χ0) is 28.2. The molecule has 2 heterocycles. The number of aliphatic hydroxyl groups is 2. The van der Waals surface area contributed by atoms with Gasteiger partial charge in [-0.3, -0.25) is 0 Å². The maximum Gasteiger partial charge on any atom is 0.159 e. The largest absolute Gasteiger partial charge is 0.408 e. The monoisotopic (exact) mass is 543 g/mol. The summed E-state index contributed by atoms with van der Waals surface area (Å²) in [6, 6.07) is 3.37. The number of hydrogen-bond donors (Lipinski definition) is 2. The highest BCUT2D eigenvalue weighted by Crippen LogP contribution is 2.25. The second-order valence-electron chi connectivity index (χ2n) is 9.52. The van der Waals surface area contributed by atoms with Crippen LogP contribution in [-0.4, -0.2) is 64.6 Å². The van der Waals surface area contributed by atoms with Crippen LogP contribution < -0.4 is 0 Å². The van der Waals surface area contributed by atoms with E-state index < -0.39 is 17.9 Å². The third kappa shape index (κ3) is 8.96. The predicted octanol–water partition coefficient (Wildman–Crippen LogP) is 5.16. The maximum absolute atomic E-state index is 13.4. The van der Waals surface area contributed by atoms with Gasteiger partial charge in [-0.1, -0.05) is 30.7 Å². The topological polar surface area (TPSA) is 77.8 Å². The maximum atomic E-state index is 13.4. The first-order valence-corrected chi connectivity index (χ1v) is 13.3. The average molecular weight is 544 g/mol. The van der Waals surface area contributed by atoms with E-state index >= 15 is 0 Å². The number of nitrogens with zero attached hydrogens (tertiary/aromatic N) is 3. The highest BCUT2D eigenvalue weighted by molar-refractivity contribution is 5.83. The molecule has 7 nitrogen and oxygen atoms in total. The molecule has 3 atom stereocenters. The number of ether oxygens (including phenoxy) is 1. The van der Waals surface area contributed by atoms with E-state index in [0.29, 0.717) is 24.2 Å². The van der Waals surface area contributed by atoms with Gasteiger partial charge in [0.2, 0.25) is 0 Å². The van der Waals surface area contributed by atoms with Gasteiger partial charge in [-0.25, -0.2) is 13.8 Å². The first-order valence-electron chi connectivity index (χ1n) is 13.3. The lowest BCUT2D eigenvalue weighted by Gasteiger charge is -2.33. The Kier molecular flexibility index (Phi) is 12.1. The molecule has 0 fully saturated rings. The van der Waals surface area contributed by atoms with Crippen molar-refractivity contribution in [2.75, 3.05) is 20.3 Å². The fourth-order valence-corrected chi connectivity index (χ4v) is 4.40. The molecule has 0 bridgehead atoms. The molecule has 2 aliphatic heterocycles. The Morgan fingerprint density at radius 3 is 2.79 bits per heavy atom. The summed E-state index contributed by atoms with van der Waals surface area (Å²) < 4.78 is 32.3. The molecular weight excluding hydrogens is 504 g/mol. The summed E-state index contributed by atoms with van der Waals surface area (Å²) >= 11 is 0. The number of hydrogen-bond acceptors (Lipinski definition) is 7. The van der Waals surface area contributed by atoms with Gasteiger partial charge in [0.25, 0.3) is 0 Å². The van der Waals surface area contributed by atoms with Crippen LogP contribution in [0.5, 0.6) is 0 Å². The van der Waals surface area contributed by atoms with Crippen LogP contribution in [0.25, 0.3) is 0 Å². The molecule has 0 spiro atoms. The van der Waals surface area contributed by atoms with Crippen LogP contribution >= 0.6 is 0 Å². The van der Waals surface area contributed by atoms with Crippen LogP contribution in [0.4, 0.5) is 8.78 Å². The molecule has 9 heteroatoms. The van der Waals surface area contributed by atoms with Crippen LogP contribution in [0.3, 0.4) is 0 Å². The molecule has 2 N–H and O–H groups in total. The molecule has 3 rings (SSSR count). The lowest BCUT2D eigenvalue weighted by molar-refractivity contribution is -0.0976. The molecule has 0 aromatic heterocycles. The zero-order valence-corrected chi connectivity index (χ0v) is 22.7. The molecule has 0 radical (unpaired) electrons. The van der Waals surface area contributed by atoms with E-state index in [1.807, 2.05) is 37.1 Å². The molecule has 1 aromatic rings. The van der Waals surface area contributed by atoms with E-state index in [4.69, 9.17) is 19.7 Å². The van der Waals surface area contributed by atoms with E-state index in [9.17, 15) is 13.9 Å². The zero-order valence-electron chi connectivity index (χ0n) is 22.7. The number of unbranched alkanes of at least 4 members (excludes halogenated alkanes) is 2. The summed E-state index contributed by atoms with van der Waals surface area (Å²) in [5, 5.41) is 21.8. The van der Waals surface area contributed by atoms with Gasteiger partial charge in [-0.05, 0) is 67.7 Å².